The fourth-order valence-electron chi connectivity index (χ4n) is 1.12. The molecule has 1 N–H and O–H groups in total. The van der Waals surface area contributed by atoms with E-state index in [2.05, 4.69) is 29.4 Å². The van der Waals surface area contributed by atoms with Crippen LogP contribution in [0.2, 0.25) is 0 Å². The molecule has 0 saturated carbocycles. The van der Waals surface area contributed by atoms with Gasteiger partial charge in [0.2, 0.25) is 0 Å². The van der Waals surface area contributed by atoms with E-state index in [0.717, 1.165) is 32.7 Å². The van der Waals surface area contributed by atoms with E-state index >= 15 is 0 Å². The number of hydrogen-bond donors (Lipinski definition) is 1. The van der Waals surface area contributed by atoms with Gasteiger partial charge in [-0.05, 0) is 24.8 Å². The average Bonchev–Trinajstić information content (AvgIpc) is 2.68. The third kappa shape index (κ3) is 6.44. The Kier molecular flexibility index (Phi) is 6.32. The molecule has 1 rings (SSSR count). The quantitative estimate of drug-likeness (QED) is 0.542. The topological polar surface area (TPSA) is 21.3 Å². The maximum atomic E-state index is 5.44. The highest BCUT2D eigenvalue weighted by Crippen LogP contribution is 2.06. The summed E-state index contributed by atoms with van der Waals surface area (Å²) in [6.45, 7) is 9.28. The molecule has 0 aromatic carbocycles. The highest BCUT2D eigenvalue weighted by Gasteiger charge is 1.93. The molecule has 1 aromatic rings. The Bertz CT molecular complexity index is 269. The third-order valence-corrected chi connectivity index (χ3v) is 2.85. The highest BCUT2D eigenvalue weighted by atomic mass is 32.1. The van der Waals surface area contributed by atoms with Crippen molar-refractivity contribution in [3.8, 4) is 0 Å². The van der Waals surface area contributed by atoms with Gasteiger partial charge in [-0.3, -0.25) is 0 Å². The molecular weight excluding hydrogens is 206 g/mol. The molecule has 0 amide bonds. The van der Waals surface area contributed by atoms with Gasteiger partial charge in [-0.2, -0.15) is 0 Å². The molecule has 0 aliphatic carbocycles. The van der Waals surface area contributed by atoms with Crippen LogP contribution in [0.3, 0.4) is 0 Å². The van der Waals surface area contributed by atoms with E-state index in [1.54, 1.807) is 11.3 Å². The number of nitrogens with one attached hydrogen (secondary N) is 1. The Labute approximate surface area is 96.0 Å². The van der Waals surface area contributed by atoms with Gasteiger partial charge in [-0.1, -0.05) is 11.6 Å². The fourth-order valence-corrected chi connectivity index (χ4v) is 1.79. The van der Waals surface area contributed by atoms with Crippen LogP contribution in [0.4, 0.5) is 0 Å². The molecule has 0 aliphatic rings. The molecule has 0 spiro atoms. The first-order chi connectivity index (χ1) is 7.29. The van der Waals surface area contributed by atoms with E-state index in [-0.39, 0.29) is 0 Å². The molecular formula is C12H19NOS. The Balaban J connectivity index is 1.87. The number of thiophene rings is 1. The van der Waals surface area contributed by atoms with Gasteiger partial charge in [-0.25, -0.2) is 0 Å². The van der Waals surface area contributed by atoms with Crippen LogP contribution < -0.4 is 5.32 Å². The maximum absolute atomic E-state index is 5.44. The van der Waals surface area contributed by atoms with E-state index < -0.39 is 0 Å². The molecule has 0 unspecified atom stereocenters. The van der Waals surface area contributed by atoms with Crippen molar-refractivity contribution in [3.63, 3.8) is 0 Å². The van der Waals surface area contributed by atoms with Crippen LogP contribution in [-0.4, -0.2) is 19.8 Å². The molecule has 0 fully saturated rings. The van der Waals surface area contributed by atoms with Gasteiger partial charge < -0.3 is 10.1 Å². The van der Waals surface area contributed by atoms with Crippen molar-refractivity contribution < 1.29 is 4.74 Å². The Hall–Kier alpha value is -0.640. The molecule has 0 radical (unpaired) electrons. The molecule has 0 bridgehead atoms. The lowest BCUT2D eigenvalue weighted by Crippen LogP contribution is -2.18. The molecule has 15 heavy (non-hydrogen) atoms. The Morgan fingerprint density at radius 1 is 1.53 bits per heavy atom. The number of ether oxygens (including phenoxy) is 1. The van der Waals surface area contributed by atoms with E-state index in [9.17, 15) is 0 Å². The van der Waals surface area contributed by atoms with Gasteiger partial charge in [0.15, 0.2) is 0 Å². The SMILES string of the molecule is C=C(C)CCOCCNCc1cccs1. The zero-order valence-electron chi connectivity index (χ0n) is 9.29. The summed E-state index contributed by atoms with van der Waals surface area (Å²) in [5, 5.41) is 5.44. The van der Waals surface area contributed by atoms with Gasteiger partial charge in [0.05, 0.1) is 13.2 Å². The van der Waals surface area contributed by atoms with Gasteiger partial charge in [0, 0.05) is 18.0 Å². The van der Waals surface area contributed by atoms with Crippen molar-refractivity contribution in [2.75, 3.05) is 19.8 Å². The summed E-state index contributed by atoms with van der Waals surface area (Å²) in [5.74, 6) is 0. The minimum absolute atomic E-state index is 0.776. The van der Waals surface area contributed by atoms with Crippen LogP contribution in [0.1, 0.15) is 18.2 Å². The van der Waals surface area contributed by atoms with Gasteiger partial charge >= 0.3 is 0 Å². The van der Waals surface area contributed by atoms with E-state index in [4.69, 9.17) is 4.74 Å². The Morgan fingerprint density at radius 2 is 2.40 bits per heavy atom. The standard InChI is InChI=1S/C12H19NOS/c1-11(2)5-7-14-8-6-13-10-12-4-3-9-15-12/h3-4,9,13H,1,5-8,10H2,2H3. The summed E-state index contributed by atoms with van der Waals surface area (Å²) < 4.78 is 5.44. The van der Waals surface area contributed by atoms with Crippen molar-refractivity contribution >= 4 is 11.3 Å². The van der Waals surface area contributed by atoms with E-state index in [1.807, 2.05) is 6.92 Å². The van der Waals surface area contributed by atoms with Gasteiger partial charge in [0.1, 0.15) is 0 Å². The summed E-state index contributed by atoms with van der Waals surface area (Å²) in [6.07, 6.45) is 0.963. The lowest BCUT2D eigenvalue weighted by atomic mass is 10.3. The van der Waals surface area contributed by atoms with Crippen molar-refractivity contribution in [2.45, 2.75) is 19.9 Å². The van der Waals surface area contributed by atoms with Gasteiger partial charge in [-0.15, -0.1) is 17.9 Å². The summed E-state index contributed by atoms with van der Waals surface area (Å²) in [4.78, 5) is 1.37. The first-order valence-electron chi connectivity index (χ1n) is 5.24. The summed E-state index contributed by atoms with van der Waals surface area (Å²) in [7, 11) is 0. The number of hydrogen-bond acceptors (Lipinski definition) is 3. The predicted octanol–water partition coefficient (Wildman–Crippen LogP) is 2.82. The molecule has 1 aromatic heterocycles. The van der Waals surface area contributed by atoms with Crippen LogP contribution in [0.5, 0.6) is 0 Å². The zero-order chi connectivity index (χ0) is 10.9. The smallest absolute Gasteiger partial charge is 0.0591 e. The fraction of sp³-hybridized carbons (Fsp3) is 0.500. The average molecular weight is 225 g/mol. The van der Waals surface area contributed by atoms with Crippen molar-refractivity contribution in [1.82, 2.24) is 5.32 Å². The molecule has 1 heterocycles. The molecule has 0 aliphatic heterocycles. The minimum Gasteiger partial charge on any atom is -0.380 e. The molecule has 3 heteroatoms. The van der Waals surface area contributed by atoms with Crippen molar-refractivity contribution in [2.24, 2.45) is 0 Å². The second-order valence-corrected chi connectivity index (χ2v) is 4.61. The third-order valence-electron chi connectivity index (χ3n) is 1.98. The van der Waals surface area contributed by atoms with E-state index in [0.29, 0.717) is 0 Å². The highest BCUT2D eigenvalue weighted by molar-refractivity contribution is 7.09. The maximum Gasteiger partial charge on any atom is 0.0591 e. The van der Waals surface area contributed by atoms with Crippen LogP contribution in [-0.2, 0) is 11.3 Å². The second kappa shape index (κ2) is 7.63. The normalized spacial score (nSPS) is 10.5. The number of rotatable bonds is 8. The van der Waals surface area contributed by atoms with Crippen LogP contribution in [0, 0.1) is 0 Å². The van der Waals surface area contributed by atoms with Crippen LogP contribution in [0.15, 0.2) is 29.7 Å². The molecule has 2 nitrogen and oxygen atoms in total. The van der Waals surface area contributed by atoms with Crippen LogP contribution >= 0.6 is 11.3 Å². The minimum atomic E-state index is 0.776. The predicted molar refractivity (Wildman–Crippen MR) is 66.3 cm³/mol. The van der Waals surface area contributed by atoms with Gasteiger partial charge in [0.25, 0.3) is 0 Å². The van der Waals surface area contributed by atoms with Crippen molar-refractivity contribution in [1.29, 1.82) is 0 Å². The second-order valence-electron chi connectivity index (χ2n) is 3.58. The summed E-state index contributed by atoms with van der Waals surface area (Å²) in [5.41, 5.74) is 1.18. The van der Waals surface area contributed by atoms with E-state index in [1.165, 1.54) is 10.5 Å². The lowest BCUT2D eigenvalue weighted by molar-refractivity contribution is 0.139. The Morgan fingerprint density at radius 3 is 3.07 bits per heavy atom. The zero-order valence-corrected chi connectivity index (χ0v) is 10.1. The molecule has 0 saturated heterocycles. The molecule has 0 atom stereocenters. The summed E-state index contributed by atoms with van der Waals surface area (Å²) in [6, 6.07) is 4.21. The first kappa shape index (κ1) is 12.4. The first-order valence-corrected chi connectivity index (χ1v) is 6.12. The summed E-state index contributed by atoms with van der Waals surface area (Å²) >= 11 is 1.78. The molecule has 84 valence electrons. The lowest BCUT2D eigenvalue weighted by Gasteiger charge is -2.05. The monoisotopic (exact) mass is 225 g/mol. The largest absolute Gasteiger partial charge is 0.380 e. The van der Waals surface area contributed by atoms with Crippen molar-refractivity contribution in [3.05, 3.63) is 34.5 Å². The van der Waals surface area contributed by atoms with Crippen LogP contribution in [0.25, 0.3) is 0 Å².